The number of methoxy groups -OCH3 is 1. The molecule has 2 fully saturated rings. The van der Waals surface area contributed by atoms with Gasteiger partial charge in [-0.3, -0.25) is 9.59 Å². The fourth-order valence-electron chi connectivity index (χ4n) is 3.89. The first-order chi connectivity index (χ1) is 13.2. The molecule has 1 aromatic rings. The third-order valence-corrected chi connectivity index (χ3v) is 5.62. The van der Waals surface area contributed by atoms with Gasteiger partial charge >= 0.3 is 5.97 Å². The summed E-state index contributed by atoms with van der Waals surface area (Å²) in [4.78, 5) is 30.5. The van der Waals surface area contributed by atoms with Crippen molar-refractivity contribution in [2.24, 2.45) is 5.92 Å². The molecular formula is C20H32Cl2N4O3. The van der Waals surface area contributed by atoms with Gasteiger partial charge < -0.3 is 20.3 Å². The number of aromatic nitrogens is 1. The number of carbonyl (C=O) groups is 2. The van der Waals surface area contributed by atoms with Gasteiger partial charge in [0.15, 0.2) is 0 Å². The number of hydrogen-bond donors (Lipinski definition) is 2. The number of rotatable bonds is 6. The molecule has 0 bridgehead atoms. The van der Waals surface area contributed by atoms with Gasteiger partial charge in [-0.1, -0.05) is 0 Å². The zero-order valence-corrected chi connectivity index (χ0v) is 18.5. The Morgan fingerprint density at radius 2 is 1.86 bits per heavy atom. The molecule has 2 N–H and O–H groups in total. The summed E-state index contributed by atoms with van der Waals surface area (Å²) < 4.78 is 4.70. The van der Waals surface area contributed by atoms with Crippen LogP contribution in [0.2, 0.25) is 0 Å². The number of ether oxygens (including phenoxy) is 1. The van der Waals surface area contributed by atoms with Crippen molar-refractivity contribution in [3.05, 3.63) is 23.9 Å². The van der Waals surface area contributed by atoms with Crippen LogP contribution in [0.25, 0.3) is 0 Å². The lowest BCUT2D eigenvalue weighted by Crippen LogP contribution is -2.44. The van der Waals surface area contributed by atoms with Crippen LogP contribution in [0.4, 0.5) is 5.82 Å². The average molecular weight is 447 g/mol. The fraction of sp³-hybridized carbons (Fsp3) is 0.650. The molecule has 164 valence electrons. The van der Waals surface area contributed by atoms with Crippen molar-refractivity contribution in [3.63, 3.8) is 0 Å². The second kappa shape index (κ2) is 12.9. The van der Waals surface area contributed by atoms with Gasteiger partial charge in [-0.2, -0.15) is 0 Å². The van der Waals surface area contributed by atoms with Gasteiger partial charge in [-0.25, -0.2) is 4.98 Å². The highest BCUT2D eigenvalue weighted by molar-refractivity contribution is 5.94. The van der Waals surface area contributed by atoms with Crippen molar-refractivity contribution >= 4 is 42.5 Å². The van der Waals surface area contributed by atoms with Crippen LogP contribution < -0.4 is 15.5 Å². The van der Waals surface area contributed by atoms with E-state index < -0.39 is 0 Å². The highest BCUT2D eigenvalue weighted by Crippen LogP contribution is 2.28. The van der Waals surface area contributed by atoms with Crippen LogP contribution in [0.1, 0.15) is 48.9 Å². The quantitative estimate of drug-likeness (QED) is 0.653. The first-order valence-corrected chi connectivity index (χ1v) is 9.95. The fourth-order valence-corrected chi connectivity index (χ4v) is 3.89. The largest absolute Gasteiger partial charge is 0.469 e. The lowest BCUT2D eigenvalue weighted by Gasteiger charge is -2.29. The summed E-state index contributed by atoms with van der Waals surface area (Å²) in [6, 6.07) is 4.01. The van der Waals surface area contributed by atoms with E-state index in [0.717, 1.165) is 64.1 Å². The van der Waals surface area contributed by atoms with E-state index in [0.29, 0.717) is 17.9 Å². The number of amides is 1. The Balaban J connectivity index is 0.00000210. The smallest absolute Gasteiger partial charge is 0.305 e. The summed E-state index contributed by atoms with van der Waals surface area (Å²) in [7, 11) is 1.43. The van der Waals surface area contributed by atoms with E-state index in [1.165, 1.54) is 7.11 Å². The predicted molar refractivity (Wildman–Crippen MR) is 118 cm³/mol. The van der Waals surface area contributed by atoms with E-state index in [2.05, 4.69) is 20.5 Å². The summed E-state index contributed by atoms with van der Waals surface area (Å²) in [5.41, 5.74) is 0.613. The van der Waals surface area contributed by atoms with Gasteiger partial charge in [0.25, 0.3) is 5.91 Å². The van der Waals surface area contributed by atoms with Crippen molar-refractivity contribution in [2.75, 3.05) is 38.2 Å². The predicted octanol–water partition coefficient (Wildman–Crippen LogP) is 2.58. The maximum Gasteiger partial charge on any atom is 0.305 e. The van der Waals surface area contributed by atoms with E-state index >= 15 is 0 Å². The molecule has 0 spiro atoms. The topological polar surface area (TPSA) is 83.6 Å². The number of halogens is 2. The van der Waals surface area contributed by atoms with Crippen molar-refractivity contribution < 1.29 is 14.3 Å². The highest BCUT2D eigenvalue weighted by atomic mass is 35.5. The van der Waals surface area contributed by atoms with Crippen LogP contribution in [0.15, 0.2) is 18.3 Å². The lowest BCUT2D eigenvalue weighted by molar-refractivity contribution is -0.141. The Kier molecular flexibility index (Phi) is 11.3. The Morgan fingerprint density at radius 3 is 2.45 bits per heavy atom. The Morgan fingerprint density at radius 1 is 1.17 bits per heavy atom. The number of pyridine rings is 1. The molecule has 1 aliphatic heterocycles. The Hall–Kier alpha value is -1.57. The summed E-state index contributed by atoms with van der Waals surface area (Å²) in [5, 5.41) is 6.46. The van der Waals surface area contributed by atoms with Crippen molar-refractivity contribution in [1.29, 1.82) is 0 Å². The number of hydrogen-bond acceptors (Lipinski definition) is 6. The molecule has 2 aliphatic rings. The van der Waals surface area contributed by atoms with E-state index in [1.807, 2.05) is 12.1 Å². The van der Waals surface area contributed by atoms with E-state index in [1.54, 1.807) is 6.20 Å². The van der Waals surface area contributed by atoms with Crippen molar-refractivity contribution in [1.82, 2.24) is 15.6 Å². The zero-order chi connectivity index (χ0) is 19.1. The molecule has 0 unspecified atom stereocenters. The van der Waals surface area contributed by atoms with Crippen LogP contribution >= 0.6 is 24.8 Å². The van der Waals surface area contributed by atoms with E-state index in [9.17, 15) is 9.59 Å². The summed E-state index contributed by atoms with van der Waals surface area (Å²) in [6.07, 6.45) is 7.06. The van der Waals surface area contributed by atoms with Gasteiger partial charge in [-0.05, 0) is 50.2 Å². The number of carbonyl (C=O) groups excluding carboxylic acids is 2. The minimum absolute atomic E-state index is 0. The maximum atomic E-state index is 12.5. The summed E-state index contributed by atoms with van der Waals surface area (Å²) in [6.45, 7) is 3.81. The lowest BCUT2D eigenvalue weighted by atomic mass is 9.83. The van der Waals surface area contributed by atoms with E-state index in [4.69, 9.17) is 4.74 Å². The highest BCUT2D eigenvalue weighted by Gasteiger charge is 2.23. The molecule has 1 aromatic heterocycles. The summed E-state index contributed by atoms with van der Waals surface area (Å²) >= 11 is 0. The second-order valence-corrected chi connectivity index (χ2v) is 7.45. The maximum absolute atomic E-state index is 12.5. The minimum Gasteiger partial charge on any atom is -0.469 e. The average Bonchev–Trinajstić information content (AvgIpc) is 2.73. The van der Waals surface area contributed by atoms with Crippen molar-refractivity contribution in [3.8, 4) is 0 Å². The van der Waals surface area contributed by atoms with Gasteiger partial charge in [0, 0.05) is 44.8 Å². The van der Waals surface area contributed by atoms with Crippen LogP contribution in [-0.2, 0) is 9.53 Å². The minimum atomic E-state index is -0.137. The summed E-state index contributed by atoms with van der Waals surface area (Å²) in [5.74, 6) is 1.30. The van der Waals surface area contributed by atoms with Crippen LogP contribution in [0.5, 0.6) is 0 Å². The SMILES string of the molecule is COC(=O)CC[C@H]1CC[C@H](NC(=O)c2ccc(N3CCNCC3)nc2)CC1.Cl.Cl. The normalized spacial score (nSPS) is 21.3. The number of nitrogens with zero attached hydrogens (tertiary/aromatic N) is 2. The van der Waals surface area contributed by atoms with Gasteiger partial charge in [0.05, 0.1) is 12.7 Å². The number of nitrogens with one attached hydrogen (secondary N) is 2. The number of piperazine rings is 1. The third-order valence-electron chi connectivity index (χ3n) is 5.62. The molecule has 7 nitrogen and oxygen atoms in total. The number of esters is 1. The molecule has 2 heterocycles. The second-order valence-electron chi connectivity index (χ2n) is 7.45. The van der Waals surface area contributed by atoms with Gasteiger partial charge in [0.2, 0.25) is 0 Å². The first-order valence-electron chi connectivity index (χ1n) is 9.95. The molecule has 1 amide bonds. The van der Waals surface area contributed by atoms with Crippen LogP contribution in [0, 0.1) is 5.92 Å². The van der Waals surface area contributed by atoms with E-state index in [-0.39, 0.29) is 42.7 Å². The van der Waals surface area contributed by atoms with Gasteiger partial charge in [-0.15, -0.1) is 24.8 Å². The Labute approximate surface area is 185 Å². The molecule has 29 heavy (non-hydrogen) atoms. The zero-order valence-electron chi connectivity index (χ0n) is 16.9. The monoisotopic (exact) mass is 446 g/mol. The first kappa shape index (κ1) is 25.5. The molecule has 3 rings (SSSR count). The van der Waals surface area contributed by atoms with Crippen LogP contribution in [-0.4, -0.2) is 56.2 Å². The van der Waals surface area contributed by atoms with Crippen LogP contribution in [0.3, 0.4) is 0 Å². The Bertz CT molecular complexity index is 631. The third kappa shape index (κ3) is 7.64. The molecule has 0 aromatic carbocycles. The number of anilines is 1. The standard InChI is InChI=1S/C20H30N4O3.2ClH/c1-27-19(25)9-4-15-2-6-17(7-3-15)23-20(26)16-5-8-18(22-14-16)24-12-10-21-11-13-24;;/h5,8,14-15,17,21H,2-4,6-7,9-13H2,1H3,(H,23,26);2*1H/t15-,17-;;. The molecule has 1 saturated heterocycles. The molecule has 1 aliphatic carbocycles. The van der Waals surface area contributed by atoms with Crippen molar-refractivity contribution in [2.45, 2.75) is 44.6 Å². The molecule has 0 radical (unpaired) electrons. The molecule has 0 atom stereocenters. The van der Waals surface area contributed by atoms with Gasteiger partial charge in [0.1, 0.15) is 5.82 Å². The molecule has 1 saturated carbocycles. The molecular weight excluding hydrogens is 415 g/mol. The molecule has 9 heteroatoms.